The van der Waals surface area contributed by atoms with Gasteiger partial charge in [0.2, 0.25) is 0 Å². The van der Waals surface area contributed by atoms with Gasteiger partial charge in [0.1, 0.15) is 6.10 Å². The first-order valence-corrected chi connectivity index (χ1v) is 7.21. The van der Waals surface area contributed by atoms with Crippen LogP contribution in [0.4, 0.5) is 4.39 Å². The Hall–Kier alpha value is -1.39. The van der Waals surface area contributed by atoms with Gasteiger partial charge in [0, 0.05) is 16.1 Å². The molecule has 2 unspecified atom stereocenters. The Morgan fingerprint density at radius 1 is 1.20 bits per heavy atom. The van der Waals surface area contributed by atoms with Crippen molar-refractivity contribution in [1.82, 2.24) is 0 Å². The van der Waals surface area contributed by atoms with Crippen molar-refractivity contribution in [1.29, 1.82) is 0 Å². The number of rotatable bonds is 4. The van der Waals surface area contributed by atoms with Gasteiger partial charge < -0.3 is 10.5 Å². The molecule has 0 saturated carbocycles. The zero-order valence-corrected chi connectivity index (χ0v) is 13.0. The fraction of sp³-hybridized carbons (Fsp3) is 0.250. The molecule has 0 aliphatic heterocycles. The zero-order chi connectivity index (χ0) is 14.7. The lowest BCUT2D eigenvalue weighted by molar-refractivity contribution is 0.172. The molecule has 0 bridgehead atoms. The Bertz CT molecular complexity index is 601. The topological polar surface area (TPSA) is 35.2 Å². The molecule has 4 heteroatoms. The van der Waals surface area contributed by atoms with Gasteiger partial charge in [-0.15, -0.1) is 0 Å². The lowest BCUT2D eigenvalue weighted by Gasteiger charge is -2.24. The molecule has 0 aromatic heterocycles. The largest absolute Gasteiger partial charge is 0.481 e. The van der Waals surface area contributed by atoms with E-state index in [1.54, 1.807) is 12.1 Å². The fourth-order valence-electron chi connectivity index (χ4n) is 2.00. The third-order valence-corrected chi connectivity index (χ3v) is 3.75. The van der Waals surface area contributed by atoms with E-state index in [0.717, 1.165) is 15.6 Å². The first-order valence-electron chi connectivity index (χ1n) is 6.42. The molecule has 0 aliphatic rings. The van der Waals surface area contributed by atoms with Crippen LogP contribution in [-0.2, 0) is 0 Å². The van der Waals surface area contributed by atoms with Crippen LogP contribution in [0.5, 0.6) is 5.75 Å². The molecule has 106 valence electrons. The van der Waals surface area contributed by atoms with Crippen molar-refractivity contribution in [2.45, 2.75) is 26.0 Å². The molecule has 2 rings (SSSR count). The highest BCUT2D eigenvalue weighted by Crippen LogP contribution is 2.31. The summed E-state index contributed by atoms with van der Waals surface area (Å²) in [7, 11) is 0. The summed E-state index contributed by atoms with van der Waals surface area (Å²) in [5.41, 5.74) is 7.85. The van der Waals surface area contributed by atoms with Crippen molar-refractivity contribution < 1.29 is 9.13 Å². The summed E-state index contributed by atoms with van der Waals surface area (Å²) in [6.07, 6.45) is -0.415. The lowest BCUT2D eigenvalue weighted by atomic mass is 10.0. The van der Waals surface area contributed by atoms with Gasteiger partial charge >= 0.3 is 0 Å². The van der Waals surface area contributed by atoms with Gasteiger partial charge in [-0.05, 0) is 37.6 Å². The Labute approximate surface area is 126 Å². The van der Waals surface area contributed by atoms with E-state index in [0.29, 0.717) is 0 Å². The van der Waals surface area contributed by atoms with Crippen LogP contribution < -0.4 is 10.5 Å². The fourth-order valence-corrected chi connectivity index (χ4v) is 2.51. The minimum atomic E-state index is -0.415. The predicted molar refractivity (Wildman–Crippen MR) is 82.3 cm³/mol. The smallest absolute Gasteiger partial charge is 0.165 e. The van der Waals surface area contributed by atoms with Crippen LogP contribution in [0.25, 0.3) is 0 Å². The first-order chi connectivity index (χ1) is 9.49. The zero-order valence-electron chi connectivity index (χ0n) is 11.4. The Morgan fingerprint density at radius 2 is 1.90 bits per heavy atom. The van der Waals surface area contributed by atoms with Gasteiger partial charge in [-0.3, -0.25) is 0 Å². The van der Waals surface area contributed by atoms with Crippen molar-refractivity contribution in [3.8, 4) is 5.75 Å². The summed E-state index contributed by atoms with van der Waals surface area (Å²) in [5.74, 6) is -0.156. The van der Waals surface area contributed by atoms with Gasteiger partial charge in [0.05, 0.1) is 0 Å². The normalized spacial score (nSPS) is 13.8. The van der Waals surface area contributed by atoms with Gasteiger partial charge in [-0.25, -0.2) is 4.39 Å². The van der Waals surface area contributed by atoms with Crippen molar-refractivity contribution in [2.24, 2.45) is 5.73 Å². The quantitative estimate of drug-likeness (QED) is 0.899. The SMILES string of the molecule is Cc1ccc(F)c(OC(c2ccccc2Br)C(C)N)c1. The molecule has 2 aromatic carbocycles. The minimum Gasteiger partial charge on any atom is -0.481 e. The molecule has 2 aromatic rings. The van der Waals surface area contributed by atoms with Crippen molar-refractivity contribution in [3.63, 3.8) is 0 Å². The second-order valence-corrected chi connectivity index (χ2v) is 5.71. The Kier molecular flexibility index (Phi) is 4.78. The van der Waals surface area contributed by atoms with Crippen molar-refractivity contribution >= 4 is 15.9 Å². The summed E-state index contributed by atoms with van der Waals surface area (Å²) in [4.78, 5) is 0. The van der Waals surface area contributed by atoms with Crippen LogP contribution >= 0.6 is 15.9 Å². The molecule has 0 aliphatic carbocycles. The maximum atomic E-state index is 13.8. The molecule has 2 atom stereocenters. The number of hydrogen-bond donors (Lipinski definition) is 1. The van der Waals surface area contributed by atoms with Crippen molar-refractivity contribution in [3.05, 3.63) is 63.9 Å². The molecule has 0 spiro atoms. The molecule has 20 heavy (non-hydrogen) atoms. The molecule has 0 fully saturated rings. The molecule has 0 heterocycles. The monoisotopic (exact) mass is 337 g/mol. The van der Waals surface area contributed by atoms with Crippen LogP contribution in [0.3, 0.4) is 0 Å². The molecule has 0 radical (unpaired) electrons. The van der Waals surface area contributed by atoms with E-state index in [1.165, 1.54) is 6.07 Å². The summed E-state index contributed by atoms with van der Waals surface area (Å²) in [6.45, 7) is 3.74. The number of ether oxygens (including phenoxy) is 1. The molecular weight excluding hydrogens is 321 g/mol. The summed E-state index contributed by atoms with van der Waals surface area (Å²) in [6, 6.07) is 12.2. The second kappa shape index (κ2) is 6.37. The average Bonchev–Trinajstić information content (AvgIpc) is 2.40. The van der Waals surface area contributed by atoms with Crippen LogP contribution in [-0.4, -0.2) is 6.04 Å². The van der Waals surface area contributed by atoms with E-state index in [1.807, 2.05) is 38.1 Å². The number of nitrogens with two attached hydrogens (primary N) is 1. The van der Waals surface area contributed by atoms with E-state index in [9.17, 15) is 4.39 Å². The molecule has 2 N–H and O–H groups in total. The number of benzene rings is 2. The van der Waals surface area contributed by atoms with Gasteiger partial charge in [-0.1, -0.05) is 40.2 Å². The third-order valence-electron chi connectivity index (χ3n) is 3.03. The summed E-state index contributed by atoms with van der Waals surface area (Å²) >= 11 is 3.48. The molecule has 0 amide bonds. The Morgan fingerprint density at radius 3 is 2.55 bits per heavy atom. The second-order valence-electron chi connectivity index (χ2n) is 4.85. The molecule has 0 saturated heterocycles. The van der Waals surface area contributed by atoms with E-state index in [4.69, 9.17) is 10.5 Å². The molecule has 2 nitrogen and oxygen atoms in total. The standard InChI is InChI=1S/C16H17BrFNO/c1-10-7-8-14(18)15(9-10)20-16(11(2)19)12-5-3-4-6-13(12)17/h3-9,11,16H,19H2,1-2H3. The van der Waals surface area contributed by atoms with Crippen LogP contribution in [0, 0.1) is 12.7 Å². The highest BCUT2D eigenvalue weighted by atomic mass is 79.9. The predicted octanol–water partition coefficient (Wildman–Crippen LogP) is 4.36. The van der Waals surface area contributed by atoms with E-state index in [-0.39, 0.29) is 17.6 Å². The lowest BCUT2D eigenvalue weighted by Crippen LogP contribution is -2.29. The van der Waals surface area contributed by atoms with Crippen LogP contribution in [0.15, 0.2) is 46.9 Å². The van der Waals surface area contributed by atoms with Gasteiger partial charge in [0.15, 0.2) is 11.6 Å². The van der Waals surface area contributed by atoms with Crippen molar-refractivity contribution in [2.75, 3.05) is 0 Å². The molecular formula is C16H17BrFNO. The maximum absolute atomic E-state index is 13.8. The number of aryl methyl sites for hydroxylation is 1. The first kappa shape index (κ1) is 15.0. The number of hydrogen-bond acceptors (Lipinski definition) is 2. The van der Waals surface area contributed by atoms with E-state index in [2.05, 4.69) is 15.9 Å². The maximum Gasteiger partial charge on any atom is 0.165 e. The van der Waals surface area contributed by atoms with Gasteiger partial charge in [0.25, 0.3) is 0 Å². The summed E-state index contributed by atoms with van der Waals surface area (Å²) in [5, 5.41) is 0. The highest BCUT2D eigenvalue weighted by molar-refractivity contribution is 9.10. The highest BCUT2D eigenvalue weighted by Gasteiger charge is 2.21. The summed E-state index contributed by atoms with van der Waals surface area (Å²) < 4.78 is 20.6. The average molecular weight is 338 g/mol. The van der Waals surface area contributed by atoms with Crippen LogP contribution in [0.1, 0.15) is 24.2 Å². The number of halogens is 2. The Balaban J connectivity index is 2.36. The van der Waals surface area contributed by atoms with Crippen LogP contribution in [0.2, 0.25) is 0 Å². The third kappa shape index (κ3) is 3.38. The minimum absolute atomic E-state index is 0.225. The van der Waals surface area contributed by atoms with E-state index < -0.39 is 6.10 Å². The van der Waals surface area contributed by atoms with Gasteiger partial charge in [-0.2, -0.15) is 0 Å². The van der Waals surface area contributed by atoms with E-state index >= 15 is 0 Å².